The molecule has 1 saturated carbocycles. The third-order valence-corrected chi connectivity index (χ3v) is 8.36. The molecular weight excluding hydrogens is 252 g/mol. The topological polar surface area (TPSA) is 18.5 Å². The molecule has 0 heterocycles. The van der Waals surface area contributed by atoms with Crippen LogP contribution in [0.2, 0.25) is 11.6 Å². The van der Waals surface area contributed by atoms with Crippen molar-refractivity contribution in [2.75, 3.05) is 19.1 Å². The summed E-state index contributed by atoms with van der Waals surface area (Å²) in [5.74, 6) is 0.724. The fourth-order valence-corrected chi connectivity index (χ4v) is 7.51. The largest absolute Gasteiger partial charge is 0.394 e. The van der Waals surface area contributed by atoms with Crippen molar-refractivity contribution >= 4 is 20.2 Å². The van der Waals surface area contributed by atoms with Gasteiger partial charge in [0.25, 0.3) is 0 Å². The van der Waals surface area contributed by atoms with Crippen LogP contribution in [0, 0.1) is 0 Å². The Morgan fingerprint density at radius 2 is 1.65 bits per heavy atom. The fraction of sp³-hybridized carbons (Fsp3) is 1.00. The summed E-state index contributed by atoms with van der Waals surface area (Å²) in [4.78, 5) is 0. The van der Waals surface area contributed by atoms with Crippen LogP contribution in [0.25, 0.3) is 0 Å². The summed E-state index contributed by atoms with van der Waals surface area (Å²) < 4.78 is 12.3. The third kappa shape index (κ3) is 4.55. The zero-order valence-electron chi connectivity index (χ0n) is 11.3. The van der Waals surface area contributed by atoms with E-state index in [0.29, 0.717) is 5.54 Å². The maximum atomic E-state index is 6.17. The van der Waals surface area contributed by atoms with Crippen LogP contribution >= 0.6 is 11.6 Å². The first-order chi connectivity index (χ1) is 8.29. The highest BCUT2D eigenvalue weighted by Gasteiger charge is 2.45. The molecule has 0 spiro atoms. The summed E-state index contributed by atoms with van der Waals surface area (Å²) in [6.07, 6.45) is 7.71. The SMILES string of the molecule is CCO[Si](CCCCl)(OCC)C1CCCCC1. The second kappa shape index (κ2) is 8.52. The number of alkyl halides is 1. The number of hydrogen-bond acceptors (Lipinski definition) is 2. The van der Waals surface area contributed by atoms with Crippen LogP contribution in [0.1, 0.15) is 52.4 Å². The quantitative estimate of drug-likeness (QED) is 0.482. The summed E-state index contributed by atoms with van der Waals surface area (Å²) >= 11 is 5.86. The zero-order valence-corrected chi connectivity index (χ0v) is 13.1. The first kappa shape index (κ1) is 15.5. The Morgan fingerprint density at radius 3 is 2.12 bits per heavy atom. The van der Waals surface area contributed by atoms with E-state index in [4.69, 9.17) is 20.5 Å². The predicted molar refractivity (Wildman–Crippen MR) is 76.0 cm³/mol. The van der Waals surface area contributed by atoms with E-state index in [0.717, 1.165) is 31.6 Å². The summed E-state index contributed by atoms with van der Waals surface area (Å²) in [6.45, 7) is 5.74. The second-order valence-electron chi connectivity index (χ2n) is 4.81. The first-order valence-corrected chi connectivity index (χ1v) is 9.76. The predicted octanol–water partition coefficient (Wildman–Crippen LogP) is 4.46. The van der Waals surface area contributed by atoms with Crippen LogP contribution in [0.5, 0.6) is 0 Å². The van der Waals surface area contributed by atoms with E-state index >= 15 is 0 Å². The van der Waals surface area contributed by atoms with Crippen LogP contribution in [0.3, 0.4) is 0 Å². The molecule has 1 aliphatic carbocycles. The molecule has 0 radical (unpaired) electrons. The van der Waals surface area contributed by atoms with Gasteiger partial charge in [0.05, 0.1) is 0 Å². The molecule has 0 atom stereocenters. The van der Waals surface area contributed by atoms with Gasteiger partial charge in [-0.05, 0) is 39.2 Å². The number of rotatable bonds is 8. The Kier molecular flexibility index (Phi) is 7.76. The molecule has 0 bridgehead atoms. The van der Waals surface area contributed by atoms with Crippen molar-refractivity contribution in [1.29, 1.82) is 0 Å². The highest BCUT2D eigenvalue weighted by molar-refractivity contribution is 6.69. The van der Waals surface area contributed by atoms with Crippen LogP contribution in [0.15, 0.2) is 0 Å². The van der Waals surface area contributed by atoms with Crippen molar-refractivity contribution in [3.05, 3.63) is 0 Å². The second-order valence-corrected chi connectivity index (χ2v) is 8.70. The van der Waals surface area contributed by atoms with Gasteiger partial charge in [0.2, 0.25) is 0 Å². The standard InChI is InChI=1S/C13H27ClO2Si/c1-3-15-17(16-4-2,12-8-11-14)13-9-6-5-7-10-13/h13H,3-12H2,1-2H3. The summed E-state index contributed by atoms with van der Waals surface area (Å²) in [5.41, 5.74) is 0.694. The molecule has 0 unspecified atom stereocenters. The fourth-order valence-electron chi connectivity index (χ4n) is 2.97. The van der Waals surface area contributed by atoms with Crippen molar-refractivity contribution in [1.82, 2.24) is 0 Å². The molecule has 1 rings (SSSR count). The molecule has 4 heteroatoms. The smallest absolute Gasteiger partial charge is 0.341 e. The van der Waals surface area contributed by atoms with E-state index in [1.165, 1.54) is 32.1 Å². The molecule has 17 heavy (non-hydrogen) atoms. The molecule has 1 fully saturated rings. The minimum absolute atomic E-state index is 0.694. The van der Waals surface area contributed by atoms with Crippen LogP contribution < -0.4 is 0 Å². The lowest BCUT2D eigenvalue weighted by Gasteiger charge is -2.39. The zero-order chi connectivity index (χ0) is 12.6. The van der Waals surface area contributed by atoms with Crippen molar-refractivity contribution in [2.45, 2.75) is 64.0 Å². The Balaban J connectivity index is 2.70. The van der Waals surface area contributed by atoms with Gasteiger partial charge in [-0.25, -0.2) is 0 Å². The lowest BCUT2D eigenvalue weighted by atomic mass is 10.0. The van der Waals surface area contributed by atoms with Crippen molar-refractivity contribution in [3.8, 4) is 0 Å². The Labute approximate surface area is 112 Å². The molecule has 0 aromatic carbocycles. The van der Waals surface area contributed by atoms with Gasteiger partial charge in [-0.3, -0.25) is 0 Å². The first-order valence-electron chi connectivity index (χ1n) is 7.13. The molecule has 0 saturated heterocycles. The number of halogens is 1. The molecule has 0 aromatic heterocycles. The normalized spacial score (nSPS) is 18.5. The summed E-state index contributed by atoms with van der Waals surface area (Å²) in [5, 5.41) is 0. The highest BCUT2D eigenvalue weighted by atomic mass is 35.5. The lowest BCUT2D eigenvalue weighted by molar-refractivity contribution is 0.164. The van der Waals surface area contributed by atoms with Gasteiger partial charge >= 0.3 is 8.56 Å². The lowest BCUT2D eigenvalue weighted by Crippen LogP contribution is -2.47. The van der Waals surface area contributed by atoms with Crippen molar-refractivity contribution in [3.63, 3.8) is 0 Å². The van der Waals surface area contributed by atoms with Gasteiger partial charge in [-0.1, -0.05) is 19.3 Å². The molecular formula is C13H27ClO2Si. The summed E-state index contributed by atoms with van der Waals surface area (Å²) in [7, 11) is -2.00. The van der Waals surface area contributed by atoms with Gasteiger partial charge in [0.1, 0.15) is 0 Å². The van der Waals surface area contributed by atoms with E-state index in [1.54, 1.807) is 0 Å². The average molecular weight is 279 g/mol. The monoisotopic (exact) mass is 278 g/mol. The third-order valence-electron chi connectivity index (χ3n) is 3.66. The van der Waals surface area contributed by atoms with Crippen molar-refractivity contribution in [2.24, 2.45) is 0 Å². The van der Waals surface area contributed by atoms with Crippen LogP contribution in [-0.4, -0.2) is 27.7 Å². The van der Waals surface area contributed by atoms with Gasteiger partial charge in [-0.2, -0.15) is 0 Å². The van der Waals surface area contributed by atoms with Crippen LogP contribution in [0.4, 0.5) is 0 Å². The minimum atomic E-state index is -2.00. The molecule has 0 amide bonds. The molecule has 0 aromatic rings. The van der Waals surface area contributed by atoms with E-state index in [-0.39, 0.29) is 0 Å². The maximum absolute atomic E-state index is 6.17. The molecule has 102 valence electrons. The van der Waals surface area contributed by atoms with E-state index in [1.807, 2.05) is 0 Å². The highest BCUT2D eigenvalue weighted by Crippen LogP contribution is 2.40. The Bertz CT molecular complexity index is 190. The maximum Gasteiger partial charge on any atom is 0.341 e. The van der Waals surface area contributed by atoms with Gasteiger partial charge < -0.3 is 8.85 Å². The van der Waals surface area contributed by atoms with Gasteiger partial charge in [-0.15, -0.1) is 11.6 Å². The molecule has 0 aliphatic heterocycles. The Morgan fingerprint density at radius 1 is 1.06 bits per heavy atom. The van der Waals surface area contributed by atoms with Crippen molar-refractivity contribution < 1.29 is 8.85 Å². The van der Waals surface area contributed by atoms with E-state index < -0.39 is 8.56 Å². The van der Waals surface area contributed by atoms with E-state index in [9.17, 15) is 0 Å². The van der Waals surface area contributed by atoms with E-state index in [2.05, 4.69) is 13.8 Å². The van der Waals surface area contributed by atoms with Gasteiger partial charge in [0.15, 0.2) is 0 Å². The minimum Gasteiger partial charge on any atom is -0.394 e. The van der Waals surface area contributed by atoms with Gasteiger partial charge in [0, 0.05) is 24.6 Å². The molecule has 0 N–H and O–H groups in total. The average Bonchev–Trinajstić information content (AvgIpc) is 2.37. The Hall–Kier alpha value is 0.427. The summed E-state index contributed by atoms with van der Waals surface area (Å²) in [6, 6.07) is 1.07. The molecule has 1 aliphatic rings. The molecule has 2 nitrogen and oxygen atoms in total. The number of hydrogen-bond donors (Lipinski definition) is 0. The van der Waals surface area contributed by atoms with Crippen LogP contribution in [-0.2, 0) is 8.85 Å².